The van der Waals surface area contributed by atoms with Crippen LogP contribution >= 0.6 is 67.8 Å². The molecule has 2 rings (SSSR count). The molecule has 21 heavy (non-hydrogen) atoms. The third-order valence-corrected chi connectivity index (χ3v) is 6.62. The van der Waals surface area contributed by atoms with Crippen molar-refractivity contribution >= 4 is 85.6 Å². The van der Waals surface area contributed by atoms with Crippen LogP contribution in [0.3, 0.4) is 0 Å². The fourth-order valence-corrected chi connectivity index (χ4v) is 4.33. The van der Waals surface area contributed by atoms with E-state index in [-0.39, 0.29) is 19.0 Å². The fourth-order valence-electron chi connectivity index (χ4n) is 1.94. The van der Waals surface area contributed by atoms with Crippen molar-refractivity contribution in [1.29, 1.82) is 0 Å². The van der Waals surface area contributed by atoms with Crippen molar-refractivity contribution in [2.45, 2.75) is 6.04 Å². The quantitative estimate of drug-likeness (QED) is 0.386. The molecule has 0 bridgehead atoms. The largest absolute Gasteiger partial charge is 0.480 e. The van der Waals surface area contributed by atoms with E-state index in [9.17, 15) is 19.5 Å². The van der Waals surface area contributed by atoms with E-state index in [1.165, 1.54) is 0 Å². The molecule has 0 radical (unpaired) electrons. The molecule has 0 spiro atoms. The highest BCUT2D eigenvalue weighted by Gasteiger charge is 2.36. The average Bonchev–Trinajstić information content (AvgIpc) is 2.41. The van der Waals surface area contributed by atoms with Crippen LogP contribution in [0.1, 0.15) is 10.4 Å². The minimum Gasteiger partial charge on any atom is -0.480 e. The lowest BCUT2D eigenvalue weighted by atomic mass is 10.1. The van der Waals surface area contributed by atoms with E-state index in [1.807, 2.05) is 6.07 Å². The number of aliphatic carboxylic acids is 1. The van der Waals surface area contributed by atoms with Crippen molar-refractivity contribution in [1.82, 2.24) is 10.2 Å². The first kappa shape index (κ1) is 17.2. The van der Waals surface area contributed by atoms with Crippen LogP contribution in [0.25, 0.3) is 0 Å². The van der Waals surface area contributed by atoms with Gasteiger partial charge in [0, 0.05) is 17.3 Å². The molecule has 112 valence electrons. The van der Waals surface area contributed by atoms with E-state index in [1.54, 1.807) is 6.07 Å². The standard InChI is InChI=1S/C12H9I3N2O4/c13-5-1-6(10(15)7(14)2-5)11(19)17-4-9(18)16-3-8(17)12(20)21/h1-2,8H,3-4H2,(H,16,18)(H,20,21). The van der Waals surface area contributed by atoms with Crippen molar-refractivity contribution in [2.75, 3.05) is 13.1 Å². The monoisotopic (exact) mass is 626 g/mol. The summed E-state index contributed by atoms with van der Waals surface area (Å²) >= 11 is 6.28. The van der Waals surface area contributed by atoms with Crippen LogP contribution in [0.4, 0.5) is 0 Å². The number of carboxylic acids is 1. The van der Waals surface area contributed by atoms with Gasteiger partial charge in [-0.3, -0.25) is 9.59 Å². The van der Waals surface area contributed by atoms with Gasteiger partial charge in [0.1, 0.15) is 12.6 Å². The summed E-state index contributed by atoms with van der Waals surface area (Å²) in [6, 6.07) is 2.59. The first-order valence-electron chi connectivity index (χ1n) is 5.76. The molecule has 1 fully saturated rings. The summed E-state index contributed by atoms with van der Waals surface area (Å²) in [6.07, 6.45) is 0. The third kappa shape index (κ3) is 3.78. The molecule has 1 heterocycles. The van der Waals surface area contributed by atoms with E-state index in [0.29, 0.717) is 5.56 Å². The number of piperazine rings is 1. The first-order valence-corrected chi connectivity index (χ1v) is 9.00. The minimum absolute atomic E-state index is 0.0719. The number of amides is 2. The van der Waals surface area contributed by atoms with Gasteiger partial charge in [-0.15, -0.1) is 0 Å². The normalized spacial score (nSPS) is 18.3. The summed E-state index contributed by atoms with van der Waals surface area (Å²) in [6.45, 7) is -0.314. The Hall–Kier alpha value is -0.180. The maximum atomic E-state index is 12.7. The Morgan fingerprint density at radius 2 is 1.95 bits per heavy atom. The highest BCUT2D eigenvalue weighted by Crippen LogP contribution is 2.25. The van der Waals surface area contributed by atoms with Crippen molar-refractivity contribution in [3.63, 3.8) is 0 Å². The predicted octanol–water partition coefficient (Wildman–Crippen LogP) is 1.53. The van der Waals surface area contributed by atoms with Gasteiger partial charge in [-0.25, -0.2) is 4.79 Å². The second kappa shape index (κ2) is 6.93. The topological polar surface area (TPSA) is 86.7 Å². The van der Waals surface area contributed by atoms with Gasteiger partial charge in [-0.2, -0.15) is 0 Å². The maximum absolute atomic E-state index is 12.7. The van der Waals surface area contributed by atoms with Gasteiger partial charge < -0.3 is 15.3 Å². The zero-order valence-corrected chi connectivity index (χ0v) is 16.9. The SMILES string of the molecule is O=C1CN(C(=O)c2cc(I)cc(I)c2I)C(C(=O)O)CN1. The number of carbonyl (C=O) groups excluding carboxylic acids is 2. The Labute approximate surface area is 161 Å². The Kier molecular flexibility index (Phi) is 5.67. The van der Waals surface area contributed by atoms with Crippen LogP contribution in [-0.2, 0) is 9.59 Å². The fraction of sp³-hybridized carbons (Fsp3) is 0.250. The molecule has 0 aromatic heterocycles. The number of carbonyl (C=O) groups is 3. The highest BCUT2D eigenvalue weighted by molar-refractivity contribution is 14.1. The predicted molar refractivity (Wildman–Crippen MR) is 100 cm³/mol. The molecular formula is C12H9I3N2O4. The van der Waals surface area contributed by atoms with Gasteiger partial charge in [0.25, 0.3) is 5.91 Å². The van der Waals surface area contributed by atoms with Gasteiger partial charge in [-0.05, 0) is 79.9 Å². The molecule has 1 aromatic rings. The number of rotatable bonds is 2. The molecular weight excluding hydrogens is 617 g/mol. The van der Waals surface area contributed by atoms with E-state index >= 15 is 0 Å². The second-order valence-corrected chi connectivity index (χ2v) is 7.83. The number of hydrogen-bond acceptors (Lipinski definition) is 3. The number of hydrogen-bond donors (Lipinski definition) is 2. The summed E-state index contributed by atoms with van der Waals surface area (Å²) in [5.74, 6) is -1.91. The Morgan fingerprint density at radius 3 is 2.57 bits per heavy atom. The van der Waals surface area contributed by atoms with Crippen molar-refractivity contribution in [2.24, 2.45) is 0 Å². The summed E-state index contributed by atoms with van der Waals surface area (Å²) in [4.78, 5) is 36.5. The van der Waals surface area contributed by atoms with Crippen molar-refractivity contribution in [3.8, 4) is 0 Å². The lowest BCUT2D eigenvalue weighted by molar-refractivity contribution is -0.144. The first-order chi connectivity index (χ1) is 9.81. The summed E-state index contributed by atoms with van der Waals surface area (Å²) < 4.78 is 2.56. The van der Waals surface area contributed by atoms with E-state index in [4.69, 9.17) is 0 Å². The molecule has 1 aromatic carbocycles. The third-order valence-electron chi connectivity index (χ3n) is 2.95. The molecule has 1 aliphatic heterocycles. The number of nitrogens with zero attached hydrogens (tertiary/aromatic N) is 1. The van der Waals surface area contributed by atoms with Gasteiger partial charge in [0.15, 0.2) is 0 Å². The number of carboxylic acid groups (broad SMARTS) is 1. The van der Waals surface area contributed by atoms with E-state index in [0.717, 1.165) is 15.6 Å². The molecule has 9 heteroatoms. The number of benzene rings is 1. The van der Waals surface area contributed by atoms with Crippen LogP contribution in [0.15, 0.2) is 12.1 Å². The van der Waals surface area contributed by atoms with Crippen LogP contribution < -0.4 is 5.32 Å². The molecule has 2 amide bonds. The Morgan fingerprint density at radius 1 is 1.29 bits per heavy atom. The van der Waals surface area contributed by atoms with Gasteiger partial charge in [0.05, 0.1) is 5.56 Å². The smallest absolute Gasteiger partial charge is 0.328 e. The van der Waals surface area contributed by atoms with E-state index in [2.05, 4.69) is 73.1 Å². The van der Waals surface area contributed by atoms with Crippen LogP contribution in [0, 0.1) is 10.7 Å². The summed E-state index contributed by atoms with van der Waals surface area (Å²) in [7, 11) is 0. The lowest BCUT2D eigenvalue weighted by Gasteiger charge is -2.33. The van der Waals surface area contributed by atoms with Crippen molar-refractivity contribution < 1.29 is 19.5 Å². The molecule has 2 N–H and O–H groups in total. The molecule has 6 nitrogen and oxygen atoms in total. The van der Waals surface area contributed by atoms with Crippen LogP contribution in [0.2, 0.25) is 0 Å². The Balaban J connectivity index is 2.41. The zero-order valence-electron chi connectivity index (χ0n) is 10.4. The zero-order chi connectivity index (χ0) is 15.7. The summed E-state index contributed by atoms with van der Waals surface area (Å²) in [5.41, 5.74) is 0.424. The molecule has 0 saturated carbocycles. The highest BCUT2D eigenvalue weighted by atomic mass is 127. The molecule has 1 saturated heterocycles. The van der Waals surface area contributed by atoms with Gasteiger partial charge in [0.2, 0.25) is 5.91 Å². The van der Waals surface area contributed by atoms with Crippen LogP contribution in [-0.4, -0.2) is 46.9 Å². The Bertz CT molecular complexity index is 635. The molecule has 1 unspecified atom stereocenters. The van der Waals surface area contributed by atoms with Gasteiger partial charge >= 0.3 is 5.97 Å². The number of nitrogens with one attached hydrogen (secondary N) is 1. The van der Waals surface area contributed by atoms with Gasteiger partial charge in [-0.1, -0.05) is 0 Å². The maximum Gasteiger partial charge on any atom is 0.328 e. The average molecular weight is 626 g/mol. The number of halogens is 3. The van der Waals surface area contributed by atoms with Crippen LogP contribution in [0.5, 0.6) is 0 Å². The van der Waals surface area contributed by atoms with Crippen molar-refractivity contribution in [3.05, 3.63) is 28.4 Å². The lowest BCUT2D eigenvalue weighted by Crippen LogP contribution is -2.59. The molecule has 0 aliphatic carbocycles. The summed E-state index contributed by atoms with van der Waals surface area (Å²) in [5, 5.41) is 11.7. The van der Waals surface area contributed by atoms with E-state index < -0.39 is 17.9 Å². The minimum atomic E-state index is -1.13. The second-order valence-electron chi connectivity index (χ2n) is 4.34. The molecule has 1 aliphatic rings. The molecule has 1 atom stereocenters.